The normalized spacial score (nSPS) is 15.5. The molecule has 0 atom stereocenters. The summed E-state index contributed by atoms with van der Waals surface area (Å²) >= 11 is 0. The Balaban J connectivity index is 1.21. The molecule has 1 saturated heterocycles. The van der Waals surface area contributed by atoms with Gasteiger partial charge in [-0.25, -0.2) is 9.67 Å². The molecule has 1 fully saturated rings. The van der Waals surface area contributed by atoms with Gasteiger partial charge >= 0.3 is 0 Å². The third-order valence-electron chi connectivity index (χ3n) is 5.06. The van der Waals surface area contributed by atoms with E-state index in [4.69, 9.17) is 0 Å². The summed E-state index contributed by atoms with van der Waals surface area (Å²) in [7, 11) is 0. The average Bonchev–Trinajstić information content (AvgIpc) is 3.40. The second kappa shape index (κ2) is 8.19. The van der Waals surface area contributed by atoms with Gasteiger partial charge in [-0.05, 0) is 56.1 Å². The first kappa shape index (κ1) is 16.8. The molecule has 0 aliphatic carbocycles. The van der Waals surface area contributed by atoms with E-state index in [2.05, 4.69) is 49.1 Å². The van der Waals surface area contributed by atoms with Gasteiger partial charge in [0.05, 0.1) is 12.0 Å². The van der Waals surface area contributed by atoms with Gasteiger partial charge in [-0.1, -0.05) is 0 Å². The largest absolute Gasteiger partial charge is 0.371 e. The number of aryl methyl sites for hydroxylation is 1. The Labute approximate surface area is 154 Å². The van der Waals surface area contributed by atoms with Crippen LogP contribution in [-0.4, -0.2) is 45.0 Å². The Morgan fingerprint density at radius 3 is 2.50 bits per heavy atom. The van der Waals surface area contributed by atoms with Gasteiger partial charge < -0.3 is 14.8 Å². The second-order valence-corrected chi connectivity index (χ2v) is 6.84. The molecule has 0 amide bonds. The van der Waals surface area contributed by atoms with Crippen LogP contribution in [0.1, 0.15) is 19.3 Å². The molecule has 6 heteroatoms. The summed E-state index contributed by atoms with van der Waals surface area (Å²) in [6.07, 6.45) is 13.1. The van der Waals surface area contributed by atoms with Crippen molar-refractivity contribution in [3.63, 3.8) is 0 Å². The zero-order valence-corrected chi connectivity index (χ0v) is 15.0. The summed E-state index contributed by atoms with van der Waals surface area (Å²) in [5, 5.41) is 7.99. The van der Waals surface area contributed by atoms with E-state index < -0.39 is 0 Å². The molecule has 1 aromatic carbocycles. The number of rotatable bonds is 7. The minimum absolute atomic E-state index is 0.636. The van der Waals surface area contributed by atoms with Crippen LogP contribution in [0.15, 0.2) is 61.4 Å². The lowest BCUT2D eigenvalue weighted by Crippen LogP contribution is -2.43. The molecule has 3 aromatic rings. The molecule has 0 radical (unpaired) electrons. The fraction of sp³-hybridized carbons (Fsp3) is 0.400. The van der Waals surface area contributed by atoms with Crippen molar-refractivity contribution >= 4 is 5.69 Å². The minimum Gasteiger partial charge on any atom is -0.371 e. The maximum atomic E-state index is 4.28. The fourth-order valence-electron chi connectivity index (χ4n) is 3.57. The lowest BCUT2D eigenvalue weighted by atomic mass is 10.0. The van der Waals surface area contributed by atoms with Crippen molar-refractivity contribution in [1.82, 2.24) is 24.6 Å². The molecule has 0 bridgehead atoms. The summed E-state index contributed by atoms with van der Waals surface area (Å²) < 4.78 is 4.03. The van der Waals surface area contributed by atoms with E-state index in [1.54, 1.807) is 6.20 Å². The van der Waals surface area contributed by atoms with Crippen LogP contribution in [0.3, 0.4) is 0 Å². The van der Waals surface area contributed by atoms with Crippen LogP contribution in [0.25, 0.3) is 5.69 Å². The Kier molecular flexibility index (Phi) is 5.30. The minimum atomic E-state index is 0.636. The fourth-order valence-corrected chi connectivity index (χ4v) is 3.57. The van der Waals surface area contributed by atoms with Crippen LogP contribution in [0.4, 0.5) is 5.69 Å². The van der Waals surface area contributed by atoms with Crippen LogP contribution in [0.5, 0.6) is 0 Å². The molecule has 1 aliphatic rings. The summed E-state index contributed by atoms with van der Waals surface area (Å²) in [5.41, 5.74) is 2.41. The highest BCUT2D eigenvalue weighted by atomic mass is 15.3. The molecule has 6 nitrogen and oxygen atoms in total. The van der Waals surface area contributed by atoms with E-state index in [1.165, 1.54) is 18.5 Å². The molecule has 1 aliphatic heterocycles. The predicted molar refractivity (Wildman–Crippen MR) is 104 cm³/mol. The maximum absolute atomic E-state index is 4.28. The van der Waals surface area contributed by atoms with E-state index >= 15 is 0 Å². The van der Waals surface area contributed by atoms with Gasteiger partial charge in [0.15, 0.2) is 0 Å². The lowest BCUT2D eigenvalue weighted by molar-refractivity contribution is 0.407. The van der Waals surface area contributed by atoms with Gasteiger partial charge in [-0.15, -0.1) is 0 Å². The number of hydrogen-bond donors (Lipinski definition) is 1. The number of nitrogens with one attached hydrogen (secondary N) is 1. The van der Waals surface area contributed by atoms with Crippen LogP contribution in [0.2, 0.25) is 0 Å². The summed E-state index contributed by atoms with van der Waals surface area (Å²) in [4.78, 5) is 6.56. The van der Waals surface area contributed by atoms with Crippen molar-refractivity contribution in [2.24, 2.45) is 0 Å². The first-order chi connectivity index (χ1) is 12.9. The summed E-state index contributed by atoms with van der Waals surface area (Å²) in [6, 6.07) is 11.3. The lowest BCUT2D eigenvalue weighted by Gasteiger charge is -2.34. The quantitative estimate of drug-likeness (QED) is 0.666. The second-order valence-electron chi connectivity index (χ2n) is 6.84. The van der Waals surface area contributed by atoms with Crippen LogP contribution < -0.4 is 10.2 Å². The predicted octanol–water partition coefficient (Wildman–Crippen LogP) is 2.72. The van der Waals surface area contributed by atoms with Crippen molar-refractivity contribution in [3.8, 4) is 5.69 Å². The maximum Gasteiger partial charge on any atom is 0.0945 e. The molecule has 26 heavy (non-hydrogen) atoms. The first-order valence-corrected chi connectivity index (χ1v) is 9.43. The molecular weight excluding hydrogens is 324 g/mol. The number of anilines is 1. The standard InChI is InChI=1S/C20H26N6/c1(12-24-16-11-21-17-24)9-22-18-7-14-25(15-8-18)19-3-5-20(6-4-19)26-13-2-10-23-26/h2-6,10-11,13,16-18,22H,1,7-9,12,14-15H2. The van der Waals surface area contributed by atoms with E-state index in [9.17, 15) is 0 Å². The smallest absolute Gasteiger partial charge is 0.0945 e. The Morgan fingerprint density at radius 2 is 1.81 bits per heavy atom. The monoisotopic (exact) mass is 350 g/mol. The van der Waals surface area contributed by atoms with Crippen molar-refractivity contribution in [2.45, 2.75) is 31.8 Å². The molecule has 1 N–H and O–H groups in total. The first-order valence-electron chi connectivity index (χ1n) is 9.43. The summed E-state index contributed by atoms with van der Waals surface area (Å²) in [6.45, 7) is 4.33. The third-order valence-corrected chi connectivity index (χ3v) is 5.06. The molecule has 0 saturated carbocycles. The van der Waals surface area contributed by atoms with Gasteiger partial charge in [0, 0.05) is 56.2 Å². The highest BCUT2D eigenvalue weighted by molar-refractivity contribution is 5.51. The van der Waals surface area contributed by atoms with Gasteiger partial charge in [0.1, 0.15) is 0 Å². The Hall–Kier alpha value is -2.60. The molecular formula is C20H26N6. The number of nitrogens with zero attached hydrogens (tertiary/aromatic N) is 5. The van der Waals surface area contributed by atoms with E-state index in [-0.39, 0.29) is 0 Å². The molecule has 2 aromatic heterocycles. The topological polar surface area (TPSA) is 50.9 Å². The zero-order valence-electron chi connectivity index (χ0n) is 15.0. The zero-order chi connectivity index (χ0) is 17.6. The van der Waals surface area contributed by atoms with Crippen molar-refractivity contribution in [2.75, 3.05) is 24.5 Å². The molecule has 0 unspecified atom stereocenters. The van der Waals surface area contributed by atoms with E-state index in [1.807, 2.05) is 35.7 Å². The van der Waals surface area contributed by atoms with E-state index in [0.717, 1.165) is 38.3 Å². The number of hydrogen-bond acceptors (Lipinski definition) is 4. The van der Waals surface area contributed by atoms with Gasteiger partial charge in [0.2, 0.25) is 0 Å². The van der Waals surface area contributed by atoms with Gasteiger partial charge in [-0.2, -0.15) is 5.10 Å². The van der Waals surface area contributed by atoms with Crippen LogP contribution >= 0.6 is 0 Å². The number of imidazole rings is 1. The average molecular weight is 350 g/mol. The van der Waals surface area contributed by atoms with E-state index in [0.29, 0.717) is 6.04 Å². The number of aromatic nitrogens is 4. The van der Waals surface area contributed by atoms with Gasteiger partial charge in [0.25, 0.3) is 0 Å². The Bertz CT molecular complexity index is 755. The van der Waals surface area contributed by atoms with Gasteiger partial charge in [-0.3, -0.25) is 0 Å². The highest BCUT2D eigenvalue weighted by Gasteiger charge is 2.18. The number of piperidine rings is 1. The summed E-state index contributed by atoms with van der Waals surface area (Å²) in [5.74, 6) is 0. The van der Waals surface area contributed by atoms with Crippen LogP contribution in [0, 0.1) is 0 Å². The van der Waals surface area contributed by atoms with Crippen LogP contribution in [-0.2, 0) is 6.54 Å². The third kappa shape index (κ3) is 4.14. The van der Waals surface area contributed by atoms with Crippen molar-refractivity contribution in [3.05, 3.63) is 61.4 Å². The van der Waals surface area contributed by atoms with Crippen molar-refractivity contribution < 1.29 is 0 Å². The van der Waals surface area contributed by atoms with Crippen molar-refractivity contribution in [1.29, 1.82) is 0 Å². The molecule has 0 spiro atoms. The number of benzene rings is 1. The molecule has 136 valence electrons. The Morgan fingerprint density at radius 1 is 1.00 bits per heavy atom. The highest BCUT2D eigenvalue weighted by Crippen LogP contribution is 2.21. The SMILES string of the molecule is c1cnn(-c2ccc(N3CCC(NCCCn4ccnc4)CC3)cc2)c1. The molecule has 3 heterocycles. The molecule has 4 rings (SSSR count).